The van der Waals surface area contributed by atoms with Crippen molar-refractivity contribution in [3.05, 3.63) is 78.5 Å². The van der Waals surface area contributed by atoms with Crippen LogP contribution < -0.4 is 25.8 Å². The van der Waals surface area contributed by atoms with Crippen molar-refractivity contribution in [3.8, 4) is 28.6 Å². The van der Waals surface area contributed by atoms with Crippen LogP contribution in [0.15, 0.2) is 67.4 Å². The fourth-order valence-corrected chi connectivity index (χ4v) is 10.5. The second-order valence-electron chi connectivity index (χ2n) is 19.7. The van der Waals surface area contributed by atoms with Gasteiger partial charge in [0.15, 0.2) is 0 Å². The van der Waals surface area contributed by atoms with Crippen LogP contribution >= 0.6 is 0 Å². The van der Waals surface area contributed by atoms with Gasteiger partial charge in [-0.15, -0.1) is 0 Å². The molecule has 0 bridgehead atoms. The molecule has 4 aliphatic rings. The normalized spacial score (nSPS) is 19.7. The van der Waals surface area contributed by atoms with Gasteiger partial charge in [-0.2, -0.15) is 15.5 Å². The highest BCUT2D eigenvalue weighted by molar-refractivity contribution is 6.01. The maximum Gasteiger partial charge on any atom is 0.249 e. The van der Waals surface area contributed by atoms with E-state index in [9.17, 15) is 29.5 Å². The molecule has 9 rings (SSSR count). The summed E-state index contributed by atoms with van der Waals surface area (Å²) in [5.74, 6) is 0.343. The fourth-order valence-electron chi connectivity index (χ4n) is 10.5. The minimum absolute atomic E-state index is 0.0427. The molecule has 0 saturated carbocycles. The summed E-state index contributed by atoms with van der Waals surface area (Å²) in [5.41, 5.74) is 5.01. The predicted molar refractivity (Wildman–Crippen MR) is 266 cm³/mol. The lowest BCUT2D eigenvalue weighted by atomic mass is 9.75. The van der Waals surface area contributed by atoms with Gasteiger partial charge in [0.1, 0.15) is 29.0 Å². The van der Waals surface area contributed by atoms with E-state index < -0.39 is 11.6 Å². The van der Waals surface area contributed by atoms with Gasteiger partial charge in [-0.1, -0.05) is 19.1 Å². The average Bonchev–Trinajstić information content (AvgIpc) is 4.04. The van der Waals surface area contributed by atoms with Crippen molar-refractivity contribution in [2.24, 2.45) is 5.41 Å². The topological polar surface area (TPSA) is 219 Å². The van der Waals surface area contributed by atoms with Crippen LogP contribution in [0.4, 0.5) is 17.2 Å². The lowest BCUT2D eigenvalue weighted by Crippen LogP contribution is -2.50. The number of rotatable bonds is 13. The highest BCUT2D eigenvalue weighted by atomic mass is 16.3. The number of likely N-dealkylation sites (tertiary alicyclic amines) is 1. The summed E-state index contributed by atoms with van der Waals surface area (Å²) in [6.45, 7) is 11.8. The van der Waals surface area contributed by atoms with Crippen LogP contribution in [0.5, 0.6) is 0 Å². The largest absolute Gasteiger partial charge is 0.389 e. The van der Waals surface area contributed by atoms with Crippen molar-refractivity contribution in [2.45, 2.75) is 116 Å². The lowest BCUT2D eigenvalue weighted by Gasteiger charge is -2.41. The third kappa shape index (κ3) is 9.98. The molecule has 366 valence electrons. The molecule has 1 unspecified atom stereocenters. The van der Waals surface area contributed by atoms with Crippen molar-refractivity contribution in [2.75, 3.05) is 54.4 Å². The number of pyridine rings is 1. The second-order valence-corrected chi connectivity index (χ2v) is 19.7. The molecule has 4 aliphatic heterocycles. The zero-order valence-corrected chi connectivity index (χ0v) is 40.5. The van der Waals surface area contributed by atoms with Gasteiger partial charge in [0, 0.05) is 86.6 Å². The number of nitrogens with zero attached hydrogens (tertiary/aromatic N) is 10. The summed E-state index contributed by atoms with van der Waals surface area (Å²) < 4.78 is 3.63. The molecule has 4 amide bonds. The summed E-state index contributed by atoms with van der Waals surface area (Å²) in [7, 11) is 0. The molecule has 4 aromatic heterocycles. The van der Waals surface area contributed by atoms with Gasteiger partial charge in [-0.3, -0.25) is 29.2 Å². The average molecular weight is 950 g/mol. The van der Waals surface area contributed by atoms with E-state index in [4.69, 9.17) is 15.1 Å². The molecule has 70 heavy (non-hydrogen) atoms. The Kier molecular flexibility index (Phi) is 13.7. The highest BCUT2D eigenvalue weighted by Crippen LogP contribution is 2.38. The molecule has 4 fully saturated rings. The lowest BCUT2D eigenvalue weighted by molar-refractivity contribution is -0.139. The predicted octanol–water partition coefficient (Wildman–Crippen LogP) is 5.88. The van der Waals surface area contributed by atoms with Gasteiger partial charge in [0.2, 0.25) is 23.6 Å². The van der Waals surface area contributed by atoms with E-state index in [1.165, 1.54) is 0 Å². The first-order chi connectivity index (χ1) is 33.8. The summed E-state index contributed by atoms with van der Waals surface area (Å²) in [4.78, 5) is 67.1. The van der Waals surface area contributed by atoms with Gasteiger partial charge in [0.25, 0.3) is 0 Å². The number of allylic oxidation sites excluding steroid dienone is 1. The minimum atomic E-state index is -1.10. The molecule has 1 atom stereocenters. The van der Waals surface area contributed by atoms with Crippen LogP contribution in [0.2, 0.25) is 0 Å². The number of imide groups is 1. The number of hydrogen-bond acceptors (Lipinski definition) is 13. The van der Waals surface area contributed by atoms with Crippen LogP contribution in [-0.2, 0) is 19.2 Å². The molecular formula is C52H63N13O5. The van der Waals surface area contributed by atoms with E-state index in [2.05, 4.69) is 49.9 Å². The summed E-state index contributed by atoms with van der Waals surface area (Å²) in [6, 6.07) is 11.9. The van der Waals surface area contributed by atoms with Crippen LogP contribution in [0.25, 0.3) is 34.1 Å². The quantitative estimate of drug-likeness (QED) is 0.102. The van der Waals surface area contributed by atoms with Crippen molar-refractivity contribution < 1.29 is 24.3 Å². The van der Waals surface area contributed by atoms with E-state index in [0.29, 0.717) is 87.2 Å². The smallest absolute Gasteiger partial charge is 0.249 e. The fraction of sp³-hybridized carbons (Fsp3) is 0.481. The number of fused-ring (bicyclic) bond motifs is 1. The molecule has 0 radical (unpaired) electrons. The SMILES string of the molecule is C/C=C/c1cc(N2CCC(O)(CC(=O)N3CCC(n4cc(-c5cn6ncc(C#N)c6c(-c6ccc(N7CCC(CC)(C(=O)NC(C)C)CC7)nc6)n5)cn4)CC3)CC2)ccc1NC1CCC(=O)NC1=O. The first kappa shape index (κ1) is 47.9. The second kappa shape index (κ2) is 20.1. The molecule has 4 saturated heterocycles. The van der Waals surface area contributed by atoms with Crippen molar-refractivity contribution in [1.82, 2.24) is 44.9 Å². The van der Waals surface area contributed by atoms with E-state index in [0.717, 1.165) is 66.2 Å². The van der Waals surface area contributed by atoms with Crippen LogP contribution in [-0.4, -0.2) is 120 Å². The minimum Gasteiger partial charge on any atom is -0.389 e. The highest BCUT2D eigenvalue weighted by Gasteiger charge is 2.41. The molecule has 0 spiro atoms. The number of carbonyl (C=O) groups is 4. The Bertz CT molecular complexity index is 2820. The number of aliphatic hydroxyl groups is 1. The standard InChI is InChI=1S/C52H63N13O5/c1-5-7-35-26-40(9-10-41(35)58-42-11-13-45(66)60-49(42)68)61-24-18-52(70,19-25-61)27-46(67)63-20-14-39(15-21-63)64-32-38(31-55-64)43-33-65-48(37(28-53)30-56-65)47(59-43)36-8-12-44(54-29-36)62-22-16-51(6-2,17-23-62)50(69)57-34(3)4/h5,7-10,12,26,29-34,39,42,58,70H,6,11,13-25,27H2,1-4H3,(H,57,69)(H,60,66,68)/b7-5+. The van der Waals surface area contributed by atoms with Crippen LogP contribution in [0, 0.1) is 16.7 Å². The molecule has 0 aliphatic carbocycles. The van der Waals surface area contributed by atoms with Gasteiger partial charge in [0.05, 0.1) is 53.5 Å². The maximum absolute atomic E-state index is 13.7. The molecule has 18 nitrogen and oxygen atoms in total. The number of nitriles is 1. The number of hydrogen-bond donors (Lipinski definition) is 4. The van der Waals surface area contributed by atoms with Gasteiger partial charge in [-0.05, 0) is 108 Å². The van der Waals surface area contributed by atoms with Crippen molar-refractivity contribution >= 4 is 52.4 Å². The Labute approximate surface area is 408 Å². The third-order valence-electron chi connectivity index (χ3n) is 14.8. The zero-order valence-electron chi connectivity index (χ0n) is 40.5. The molecule has 1 aromatic carbocycles. The van der Waals surface area contributed by atoms with Gasteiger partial charge < -0.3 is 30.4 Å². The van der Waals surface area contributed by atoms with E-state index in [1.807, 2.05) is 79.2 Å². The number of benzene rings is 1. The Balaban J connectivity index is 0.803. The first-order valence-corrected chi connectivity index (χ1v) is 24.7. The summed E-state index contributed by atoms with van der Waals surface area (Å²) in [6.07, 6.45) is 18.3. The number of aromatic nitrogens is 6. The van der Waals surface area contributed by atoms with Gasteiger partial charge >= 0.3 is 0 Å². The van der Waals surface area contributed by atoms with E-state index in [1.54, 1.807) is 23.1 Å². The Hall–Kier alpha value is -7.13. The number of anilines is 3. The summed E-state index contributed by atoms with van der Waals surface area (Å²) >= 11 is 0. The summed E-state index contributed by atoms with van der Waals surface area (Å²) in [5, 5.41) is 39.8. The van der Waals surface area contributed by atoms with Crippen LogP contribution in [0.3, 0.4) is 0 Å². The monoisotopic (exact) mass is 950 g/mol. The van der Waals surface area contributed by atoms with Crippen molar-refractivity contribution in [1.29, 1.82) is 5.26 Å². The zero-order chi connectivity index (χ0) is 49.2. The molecule has 8 heterocycles. The first-order valence-electron chi connectivity index (χ1n) is 24.7. The number of nitrogens with one attached hydrogen (secondary N) is 3. The Morgan fingerprint density at radius 3 is 2.37 bits per heavy atom. The molecular weight excluding hydrogens is 887 g/mol. The number of carbonyl (C=O) groups excluding carboxylic acids is 4. The van der Waals surface area contributed by atoms with E-state index >= 15 is 0 Å². The number of amides is 4. The molecule has 18 heteroatoms. The van der Waals surface area contributed by atoms with Crippen LogP contribution in [0.1, 0.15) is 109 Å². The van der Waals surface area contributed by atoms with Crippen molar-refractivity contribution in [3.63, 3.8) is 0 Å². The van der Waals surface area contributed by atoms with E-state index in [-0.39, 0.29) is 47.5 Å². The Morgan fingerprint density at radius 2 is 1.70 bits per heavy atom. The third-order valence-corrected chi connectivity index (χ3v) is 14.8. The Morgan fingerprint density at radius 1 is 0.943 bits per heavy atom. The number of piperidine rings is 4. The molecule has 4 N–H and O–H groups in total. The van der Waals surface area contributed by atoms with Gasteiger partial charge in [-0.25, -0.2) is 14.5 Å². The molecule has 5 aromatic rings. The maximum atomic E-state index is 13.7.